The van der Waals surface area contributed by atoms with Crippen LogP contribution >= 0.6 is 58.2 Å². The van der Waals surface area contributed by atoms with Gasteiger partial charge < -0.3 is 10.6 Å². The maximum absolute atomic E-state index is 6.20. The quantitative estimate of drug-likeness (QED) is 0.308. The molecule has 0 spiro atoms. The minimum atomic E-state index is 0.413. The molecule has 3 aromatic rings. The van der Waals surface area contributed by atoms with Crippen molar-refractivity contribution in [2.75, 3.05) is 18.2 Å². The lowest BCUT2D eigenvalue weighted by atomic mass is 10.2. The van der Waals surface area contributed by atoms with Gasteiger partial charge >= 0.3 is 0 Å². The summed E-state index contributed by atoms with van der Waals surface area (Å²) in [6.07, 6.45) is 0. The van der Waals surface area contributed by atoms with Gasteiger partial charge in [-0.1, -0.05) is 58.2 Å². The standard InChI is InChI=1S/C16H12Cl4N4OS/c17-9-1-3-11(12(19)7-9)15-22-23-16(24(15)21)26-6-5-25-14-4-2-10(18)8-13(14)20/h1-4,7-8H,5-6,21H2. The van der Waals surface area contributed by atoms with Gasteiger partial charge in [-0.15, -0.1) is 10.2 Å². The van der Waals surface area contributed by atoms with Crippen molar-refractivity contribution in [3.63, 3.8) is 0 Å². The van der Waals surface area contributed by atoms with Crippen molar-refractivity contribution in [3.8, 4) is 17.1 Å². The molecule has 0 aliphatic carbocycles. The normalized spacial score (nSPS) is 10.9. The SMILES string of the molecule is Nn1c(SCCOc2ccc(Cl)cc2Cl)nnc1-c1ccc(Cl)cc1Cl. The molecule has 0 unspecified atom stereocenters. The topological polar surface area (TPSA) is 66.0 Å². The second-order valence-electron chi connectivity index (χ2n) is 5.07. The van der Waals surface area contributed by atoms with Crippen LogP contribution < -0.4 is 10.6 Å². The Morgan fingerprint density at radius 2 is 1.65 bits per heavy atom. The maximum atomic E-state index is 6.20. The number of hydrogen-bond donors (Lipinski definition) is 1. The summed E-state index contributed by atoms with van der Waals surface area (Å²) < 4.78 is 7.02. The minimum Gasteiger partial charge on any atom is -0.491 e. The van der Waals surface area contributed by atoms with Gasteiger partial charge in [0.1, 0.15) is 5.75 Å². The largest absolute Gasteiger partial charge is 0.491 e. The molecule has 0 aliphatic heterocycles. The van der Waals surface area contributed by atoms with E-state index in [1.807, 2.05) is 0 Å². The Hall–Kier alpha value is -1.31. The van der Waals surface area contributed by atoms with E-state index in [9.17, 15) is 0 Å². The van der Waals surface area contributed by atoms with E-state index in [0.717, 1.165) is 0 Å². The first-order chi connectivity index (χ1) is 12.5. The molecular formula is C16H12Cl4N4OS. The van der Waals surface area contributed by atoms with Crippen molar-refractivity contribution in [2.24, 2.45) is 0 Å². The molecule has 0 atom stereocenters. The number of ether oxygens (including phenoxy) is 1. The van der Waals surface area contributed by atoms with E-state index in [1.54, 1.807) is 36.4 Å². The summed E-state index contributed by atoms with van der Waals surface area (Å²) in [5, 5.41) is 10.7. The number of rotatable bonds is 6. The van der Waals surface area contributed by atoms with Crippen LogP contribution in [0.1, 0.15) is 0 Å². The molecule has 26 heavy (non-hydrogen) atoms. The van der Waals surface area contributed by atoms with Gasteiger partial charge in [0.2, 0.25) is 5.16 Å². The molecule has 0 saturated carbocycles. The number of aromatic nitrogens is 3. The molecular weight excluding hydrogens is 438 g/mol. The molecule has 3 rings (SSSR count). The zero-order valence-electron chi connectivity index (χ0n) is 13.1. The lowest BCUT2D eigenvalue weighted by Gasteiger charge is -2.08. The van der Waals surface area contributed by atoms with Gasteiger partial charge in [-0.05, 0) is 36.4 Å². The zero-order valence-corrected chi connectivity index (χ0v) is 17.0. The summed E-state index contributed by atoms with van der Waals surface area (Å²) >= 11 is 25.4. The van der Waals surface area contributed by atoms with Gasteiger partial charge in [-0.2, -0.15) is 0 Å². The molecule has 1 heterocycles. The molecule has 0 amide bonds. The lowest BCUT2D eigenvalue weighted by Crippen LogP contribution is -2.12. The van der Waals surface area contributed by atoms with Gasteiger partial charge in [0, 0.05) is 21.4 Å². The van der Waals surface area contributed by atoms with Gasteiger partial charge in [-0.25, -0.2) is 4.68 Å². The first kappa shape index (κ1) is 19.5. The predicted molar refractivity (Wildman–Crippen MR) is 108 cm³/mol. The second-order valence-corrected chi connectivity index (χ2v) is 7.82. The van der Waals surface area contributed by atoms with Crippen molar-refractivity contribution in [2.45, 2.75) is 5.16 Å². The molecule has 2 aromatic carbocycles. The summed E-state index contributed by atoms with van der Waals surface area (Å²) in [6.45, 7) is 0.413. The van der Waals surface area contributed by atoms with Crippen LogP contribution in [0.3, 0.4) is 0 Å². The lowest BCUT2D eigenvalue weighted by molar-refractivity contribution is 0.344. The van der Waals surface area contributed by atoms with Crippen LogP contribution in [-0.4, -0.2) is 27.2 Å². The fraction of sp³-hybridized carbons (Fsp3) is 0.125. The summed E-state index contributed by atoms with van der Waals surface area (Å²) in [4.78, 5) is 0. The summed E-state index contributed by atoms with van der Waals surface area (Å²) in [5.74, 6) is 7.70. The van der Waals surface area contributed by atoms with Crippen LogP contribution in [0.5, 0.6) is 5.75 Å². The molecule has 0 fully saturated rings. The second kappa shape index (κ2) is 8.59. The molecule has 136 valence electrons. The Balaban J connectivity index is 1.62. The Labute approximate surface area is 174 Å². The molecule has 0 saturated heterocycles. The average molecular weight is 450 g/mol. The number of nitrogen functional groups attached to an aromatic ring is 1. The van der Waals surface area contributed by atoms with Crippen molar-refractivity contribution >= 4 is 58.2 Å². The molecule has 0 radical (unpaired) electrons. The van der Waals surface area contributed by atoms with E-state index in [4.69, 9.17) is 57.0 Å². The highest BCUT2D eigenvalue weighted by atomic mass is 35.5. The smallest absolute Gasteiger partial charge is 0.210 e. The minimum absolute atomic E-state index is 0.413. The highest BCUT2D eigenvalue weighted by Gasteiger charge is 2.15. The first-order valence-corrected chi connectivity index (χ1v) is 9.82. The predicted octanol–water partition coefficient (Wildman–Crippen LogP) is 5.44. The molecule has 5 nitrogen and oxygen atoms in total. The summed E-state index contributed by atoms with van der Waals surface area (Å²) in [7, 11) is 0. The van der Waals surface area contributed by atoms with E-state index in [0.29, 0.717) is 54.7 Å². The Morgan fingerprint density at radius 3 is 2.35 bits per heavy atom. The molecule has 2 N–H and O–H groups in total. The number of thioether (sulfide) groups is 1. The summed E-state index contributed by atoms with van der Waals surface area (Å²) in [5.41, 5.74) is 0.655. The molecule has 0 bridgehead atoms. The van der Waals surface area contributed by atoms with Crippen LogP contribution in [0.15, 0.2) is 41.6 Å². The van der Waals surface area contributed by atoms with E-state index in [-0.39, 0.29) is 0 Å². The van der Waals surface area contributed by atoms with Crippen molar-refractivity contribution < 1.29 is 4.74 Å². The molecule has 1 aromatic heterocycles. The zero-order chi connectivity index (χ0) is 18.7. The van der Waals surface area contributed by atoms with Crippen LogP contribution in [0.2, 0.25) is 20.1 Å². The Morgan fingerprint density at radius 1 is 0.962 bits per heavy atom. The van der Waals surface area contributed by atoms with Crippen LogP contribution in [0.4, 0.5) is 0 Å². The van der Waals surface area contributed by atoms with E-state index in [1.165, 1.54) is 16.4 Å². The monoisotopic (exact) mass is 448 g/mol. The number of nitrogens with zero attached hydrogens (tertiary/aromatic N) is 3. The fourth-order valence-electron chi connectivity index (χ4n) is 2.11. The fourth-order valence-corrected chi connectivity index (χ4v) is 3.74. The third-order valence-corrected chi connectivity index (χ3v) is 5.29. The van der Waals surface area contributed by atoms with Gasteiger partial charge in [0.05, 0.1) is 16.7 Å². The van der Waals surface area contributed by atoms with Gasteiger partial charge in [0.25, 0.3) is 0 Å². The van der Waals surface area contributed by atoms with E-state index in [2.05, 4.69) is 10.2 Å². The summed E-state index contributed by atoms with van der Waals surface area (Å²) in [6, 6.07) is 10.2. The van der Waals surface area contributed by atoms with Crippen LogP contribution in [-0.2, 0) is 0 Å². The van der Waals surface area contributed by atoms with Crippen LogP contribution in [0.25, 0.3) is 11.4 Å². The van der Waals surface area contributed by atoms with E-state index < -0.39 is 0 Å². The molecule has 0 aliphatic rings. The highest BCUT2D eigenvalue weighted by molar-refractivity contribution is 7.99. The van der Waals surface area contributed by atoms with Crippen molar-refractivity contribution in [1.82, 2.24) is 14.9 Å². The number of benzene rings is 2. The number of nitrogens with two attached hydrogens (primary N) is 1. The van der Waals surface area contributed by atoms with Gasteiger partial charge in [0.15, 0.2) is 5.82 Å². The highest BCUT2D eigenvalue weighted by Crippen LogP contribution is 2.30. The van der Waals surface area contributed by atoms with Crippen LogP contribution in [0, 0.1) is 0 Å². The third-order valence-electron chi connectivity index (χ3n) is 3.30. The van der Waals surface area contributed by atoms with Crippen molar-refractivity contribution in [3.05, 3.63) is 56.5 Å². The third kappa shape index (κ3) is 4.50. The molecule has 10 heteroatoms. The number of halogens is 4. The van der Waals surface area contributed by atoms with Crippen molar-refractivity contribution in [1.29, 1.82) is 0 Å². The van der Waals surface area contributed by atoms with Gasteiger partial charge in [-0.3, -0.25) is 0 Å². The first-order valence-electron chi connectivity index (χ1n) is 7.32. The maximum Gasteiger partial charge on any atom is 0.210 e. The van der Waals surface area contributed by atoms with E-state index >= 15 is 0 Å². The average Bonchev–Trinajstić information content (AvgIpc) is 2.94. The Bertz CT molecular complexity index is 935. The Kier molecular flexibility index (Phi) is 6.42. The number of hydrogen-bond acceptors (Lipinski definition) is 5.